The van der Waals surface area contributed by atoms with Crippen molar-refractivity contribution in [3.8, 4) is 0 Å². The molecule has 1 aliphatic heterocycles. The number of hydrogen-bond donors (Lipinski definition) is 1. The van der Waals surface area contributed by atoms with E-state index in [9.17, 15) is 14.4 Å². The summed E-state index contributed by atoms with van der Waals surface area (Å²) in [5.41, 5.74) is 3.61. The fourth-order valence-electron chi connectivity index (χ4n) is 4.52. The van der Waals surface area contributed by atoms with Gasteiger partial charge in [-0.2, -0.15) is 0 Å². The largest absolute Gasteiger partial charge is 0.456 e. The molecule has 1 aliphatic rings. The van der Waals surface area contributed by atoms with E-state index in [1.165, 1.54) is 6.92 Å². The average Bonchev–Trinajstić information content (AvgIpc) is 3.02. The van der Waals surface area contributed by atoms with Gasteiger partial charge in [0.05, 0.1) is 11.4 Å². The van der Waals surface area contributed by atoms with Crippen LogP contribution in [-0.4, -0.2) is 48.2 Å². The summed E-state index contributed by atoms with van der Waals surface area (Å²) < 4.78 is 4.72. The number of amides is 2. The fraction of sp³-hybridized carbons (Fsp3) is 0.167. The number of hydrogen-bond acceptors (Lipinski definition) is 6. The van der Waals surface area contributed by atoms with Crippen LogP contribution in [0.15, 0.2) is 84.0 Å². The highest BCUT2D eigenvalue weighted by molar-refractivity contribution is 6.32. The lowest BCUT2D eigenvalue weighted by molar-refractivity contribution is -0.144. The van der Waals surface area contributed by atoms with Crippen molar-refractivity contribution in [1.82, 2.24) is 4.98 Å². The lowest BCUT2D eigenvalue weighted by Gasteiger charge is -2.20. The second kappa shape index (κ2) is 11.0. The number of rotatable bonds is 6. The molecule has 0 radical (unpaired) electrons. The molecule has 2 amide bonds. The highest BCUT2D eigenvalue weighted by Gasteiger charge is 2.30. The number of fused-ring (bicyclic) bond motifs is 2. The maximum Gasteiger partial charge on any atom is 0.303 e. The summed E-state index contributed by atoms with van der Waals surface area (Å²) in [6.07, 6.45) is 1.99. The highest BCUT2D eigenvalue weighted by atomic mass is 35.5. The number of aliphatic imine (C=N–C) groups is 1. The maximum absolute atomic E-state index is 13.6. The number of ether oxygens (including phenoxy) is 1. The number of nitrogens with zero attached hydrogens (tertiary/aromatic N) is 3. The van der Waals surface area contributed by atoms with Crippen molar-refractivity contribution < 1.29 is 19.1 Å². The molecule has 196 valence electrons. The molecule has 3 aromatic carbocycles. The molecule has 4 aromatic rings. The molecule has 2 heterocycles. The summed E-state index contributed by atoms with van der Waals surface area (Å²) in [6, 6.07) is 22.3. The lowest BCUT2D eigenvalue weighted by Crippen LogP contribution is -2.36. The van der Waals surface area contributed by atoms with E-state index in [2.05, 4.69) is 22.4 Å². The fourth-order valence-corrected chi connectivity index (χ4v) is 4.69. The molecule has 0 saturated carbocycles. The summed E-state index contributed by atoms with van der Waals surface area (Å²) in [6.45, 7) is 0.829. The number of carbonyl (C=O) groups excluding carboxylic acids is 3. The van der Waals surface area contributed by atoms with Gasteiger partial charge in [0.2, 0.25) is 0 Å². The van der Waals surface area contributed by atoms with Crippen LogP contribution in [0.3, 0.4) is 0 Å². The molecule has 0 fully saturated rings. The summed E-state index contributed by atoms with van der Waals surface area (Å²) >= 11 is 6.37. The molecule has 0 spiro atoms. The SMILES string of the molecule is CC(=O)OCC(=O)Nc1ccc(C2=NC(Cc3ccc4ccccc4c3)C(=O)N(C)c3ccc(Cl)cc32)cn1. The molecule has 1 unspecified atom stereocenters. The zero-order chi connectivity index (χ0) is 27.5. The Bertz CT molecular complexity index is 1620. The van der Waals surface area contributed by atoms with Gasteiger partial charge >= 0.3 is 5.97 Å². The smallest absolute Gasteiger partial charge is 0.303 e. The van der Waals surface area contributed by atoms with Crippen molar-refractivity contribution in [3.05, 3.63) is 101 Å². The Morgan fingerprint density at radius 2 is 1.82 bits per heavy atom. The molecule has 1 atom stereocenters. The lowest BCUT2D eigenvalue weighted by atomic mass is 10.0. The Morgan fingerprint density at radius 3 is 2.56 bits per heavy atom. The van der Waals surface area contributed by atoms with Gasteiger partial charge in [0.1, 0.15) is 11.9 Å². The van der Waals surface area contributed by atoms with Crippen LogP contribution in [0, 0.1) is 0 Å². The molecular weight excluding hydrogens is 516 g/mol. The van der Waals surface area contributed by atoms with E-state index in [0.717, 1.165) is 16.3 Å². The first-order valence-corrected chi connectivity index (χ1v) is 12.7. The first kappa shape index (κ1) is 26.1. The quantitative estimate of drug-likeness (QED) is 0.354. The van der Waals surface area contributed by atoms with Gasteiger partial charge in [0, 0.05) is 42.7 Å². The Morgan fingerprint density at radius 1 is 1.03 bits per heavy atom. The first-order chi connectivity index (χ1) is 18.8. The third kappa shape index (κ3) is 5.81. The van der Waals surface area contributed by atoms with Crippen molar-refractivity contribution >= 4 is 57.4 Å². The van der Waals surface area contributed by atoms with E-state index < -0.39 is 24.5 Å². The van der Waals surface area contributed by atoms with E-state index in [-0.39, 0.29) is 11.7 Å². The van der Waals surface area contributed by atoms with Gasteiger partial charge in [-0.15, -0.1) is 0 Å². The minimum absolute atomic E-state index is 0.135. The number of nitrogens with one attached hydrogen (secondary N) is 1. The van der Waals surface area contributed by atoms with Crippen LogP contribution in [0.2, 0.25) is 5.02 Å². The number of benzene rings is 3. The average molecular weight is 541 g/mol. The molecule has 1 N–H and O–H groups in total. The number of benzodiazepines with no additional fused rings is 1. The highest BCUT2D eigenvalue weighted by Crippen LogP contribution is 2.31. The first-order valence-electron chi connectivity index (χ1n) is 12.3. The van der Waals surface area contributed by atoms with Crippen LogP contribution in [0.5, 0.6) is 0 Å². The monoisotopic (exact) mass is 540 g/mol. The summed E-state index contributed by atoms with van der Waals surface area (Å²) in [5.74, 6) is -0.895. The van der Waals surface area contributed by atoms with E-state index in [4.69, 9.17) is 21.3 Å². The number of esters is 1. The molecule has 39 heavy (non-hydrogen) atoms. The van der Waals surface area contributed by atoms with Gasteiger partial charge in [0.25, 0.3) is 11.8 Å². The minimum atomic E-state index is -0.680. The topological polar surface area (TPSA) is 101 Å². The Kier molecular flexibility index (Phi) is 7.38. The van der Waals surface area contributed by atoms with Crippen LogP contribution in [0.1, 0.15) is 23.6 Å². The number of halogens is 1. The molecule has 5 rings (SSSR count). The summed E-state index contributed by atoms with van der Waals surface area (Å²) in [4.78, 5) is 47.5. The zero-order valence-corrected chi connectivity index (χ0v) is 22.1. The van der Waals surface area contributed by atoms with Gasteiger partial charge in [0.15, 0.2) is 6.61 Å². The number of pyridine rings is 1. The number of carbonyl (C=O) groups is 3. The van der Waals surface area contributed by atoms with Gasteiger partial charge in [-0.3, -0.25) is 19.4 Å². The second-order valence-corrected chi connectivity index (χ2v) is 9.63. The van der Waals surface area contributed by atoms with Crippen LogP contribution < -0.4 is 10.2 Å². The van der Waals surface area contributed by atoms with E-state index in [1.54, 1.807) is 48.5 Å². The molecule has 0 saturated heterocycles. The third-order valence-electron chi connectivity index (χ3n) is 6.43. The van der Waals surface area contributed by atoms with Crippen molar-refractivity contribution in [3.63, 3.8) is 0 Å². The Hall–Kier alpha value is -4.56. The van der Waals surface area contributed by atoms with E-state index in [0.29, 0.717) is 34.0 Å². The number of anilines is 2. The predicted molar refractivity (Wildman–Crippen MR) is 151 cm³/mol. The van der Waals surface area contributed by atoms with Crippen molar-refractivity contribution in [2.45, 2.75) is 19.4 Å². The van der Waals surface area contributed by atoms with Gasteiger partial charge in [-0.1, -0.05) is 54.1 Å². The summed E-state index contributed by atoms with van der Waals surface area (Å²) in [7, 11) is 1.74. The van der Waals surface area contributed by atoms with Crippen molar-refractivity contribution in [2.75, 3.05) is 23.9 Å². The second-order valence-electron chi connectivity index (χ2n) is 9.20. The van der Waals surface area contributed by atoms with Crippen LogP contribution in [-0.2, 0) is 25.5 Å². The summed E-state index contributed by atoms with van der Waals surface area (Å²) in [5, 5.41) is 5.32. The standard InChI is InChI=1S/C30H25ClN4O4/c1-18(36)39-17-28(37)34-27-12-9-22(16-32-27)29-24-15-23(31)10-11-26(24)35(2)30(38)25(33-29)14-19-7-8-20-5-3-4-6-21(20)13-19/h3-13,15-16,25H,14,17H2,1-2H3,(H,32,34,37). The molecule has 8 nitrogen and oxygen atoms in total. The molecule has 9 heteroatoms. The van der Waals surface area contributed by atoms with Gasteiger partial charge < -0.3 is 15.0 Å². The molecular formula is C30H25ClN4O4. The Labute approximate surface area is 230 Å². The van der Waals surface area contributed by atoms with Crippen LogP contribution in [0.4, 0.5) is 11.5 Å². The molecule has 1 aromatic heterocycles. The van der Waals surface area contributed by atoms with Gasteiger partial charge in [-0.25, -0.2) is 4.98 Å². The van der Waals surface area contributed by atoms with Crippen LogP contribution in [0.25, 0.3) is 10.8 Å². The number of aromatic nitrogens is 1. The number of likely N-dealkylation sites (N-methyl/N-ethyl adjacent to an activating group) is 1. The Balaban J connectivity index is 1.50. The minimum Gasteiger partial charge on any atom is -0.456 e. The third-order valence-corrected chi connectivity index (χ3v) is 6.66. The van der Waals surface area contributed by atoms with E-state index >= 15 is 0 Å². The van der Waals surface area contributed by atoms with Crippen molar-refractivity contribution in [2.24, 2.45) is 4.99 Å². The van der Waals surface area contributed by atoms with Gasteiger partial charge in [-0.05, 0) is 46.7 Å². The zero-order valence-electron chi connectivity index (χ0n) is 21.3. The van der Waals surface area contributed by atoms with Crippen molar-refractivity contribution in [1.29, 1.82) is 0 Å². The normalized spacial score (nSPS) is 14.8. The molecule has 0 aliphatic carbocycles. The van der Waals surface area contributed by atoms with Crippen LogP contribution >= 0.6 is 11.6 Å². The van der Waals surface area contributed by atoms with E-state index in [1.807, 2.05) is 30.3 Å². The maximum atomic E-state index is 13.6. The molecule has 0 bridgehead atoms. The predicted octanol–water partition coefficient (Wildman–Crippen LogP) is 4.81.